The van der Waals surface area contributed by atoms with Gasteiger partial charge in [0.15, 0.2) is 11.5 Å². The molecule has 1 N–H and O–H groups in total. The van der Waals surface area contributed by atoms with Crippen LogP contribution < -0.4 is 19.5 Å². The predicted octanol–water partition coefficient (Wildman–Crippen LogP) is 2.57. The van der Waals surface area contributed by atoms with Gasteiger partial charge in [-0.2, -0.15) is 0 Å². The Labute approximate surface area is 183 Å². The molecule has 0 atom stereocenters. The minimum absolute atomic E-state index is 0.0468. The van der Waals surface area contributed by atoms with E-state index in [1.807, 2.05) is 0 Å². The molecule has 1 aliphatic heterocycles. The fourth-order valence-corrected chi connectivity index (χ4v) is 3.77. The van der Waals surface area contributed by atoms with Crippen LogP contribution in [0.5, 0.6) is 17.2 Å². The van der Waals surface area contributed by atoms with Crippen molar-refractivity contribution in [3.8, 4) is 17.2 Å². The van der Waals surface area contributed by atoms with Gasteiger partial charge in [-0.3, -0.25) is 24.3 Å². The molecule has 10 heteroatoms. The number of benzene rings is 1. The van der Waals surface area contributed by atoms with Crippen LogP contribution in [-0.2, 0) is 4.79 Å². The second-order valence-corrected chi connectivity index (χ2v) is 7.28. The Hall–Kier alpha value is -3.53. The fraction of sp³-hybridized carbons (Fsp3) is 0.238. The Morgan fingerprint density at radius 3 is 2.45 bits per heavy atom. The zero-order valence-corrected chi connectivity index (χ0v) is 18.0. The zero-order chi connectivity index (χ0) is 22.4. The lowest BCUT2D eigenvalue weighted by molar-refractivity contribution is -0.122. The van der Waals surface area contributed by atoms with E-state index in [0.29, 0.717) is 27.7 Å². The standard InChI is InChI=1S/C21H21N3O6S/c1-28-15-10-14(11-16(29-2)18(15)30-3)19(25)23-7-8-24-20(26)17(31-21(24)27)9-13-5-4-6-22-12-13/h4-6,9-12H,7-8H2,1-3H3,(H,23,25)/b17-9-. The molecule has 9 nitrogen and oxygen atoms in total. The number of hydrogen-bond donors (Lipinski definition) is 1. The summed E-state index contributed by atoms with van der Waals surface area (Å²) in [6, 6.07) is 6.58. The van der Waals surface area contributed by atoms with Gasteiger partial charge in [0.05, 0.1) is 26.2 Å². The molecule has 1 aliphatic rings. The Morgan fingerprint density at radius 1 is 1.16 bits per heavy atom. The first-order chi connectivity index (χ1) is 15.0. The summed E-state index contributed by atoms with van der Waals surface area (Å²) in [4.78, 5) is 42.7. The number of imide groups is 1. The Morgan fingerprint density at radius 2 is 1.87 bits per heavy atom. The number of hydrogen-bond acceptors (Lipinski definition) is 8. The molecule has 2 heterocycles. The second-order valence-electron chi connectivity index (χ2n) is 6.29. The van der Waals surface area contributed by atoms with E-state index in [0.717, 1.165) is 22.2 Å². The lowest BCUT2D eigenvalue weighted by Gasteiger charge is -2.15. The zero-order valence-electron chi connectivity index (χ0n) is 17.2. The maximum absolute atomic E-state index is 12.5. The molecular weight excluding hydrogens is 422 g/mol. The number of carbonyl (C=O) groups excluding carboxylic acids is 3. The van der Waals surface area contributed by atoms with Crippen LogP contribution in [0.3, 0.4) is 0 Å². The maximum atomic E-state index is 12.5. The smallest absolute Gasteiger partial charge is 0.293 e. The van der Waals surface area contributed by atoms with Gasteiger partial charge >= 0.3 is 0 Å². The molecule has 1 saturated heterocycles. The Bertz CT molecular complexity index is 1000. The molecule has 0 aliphatic carbocycles. The fourth-order valence-electron chi connectivity index (χ4n) is 2.90. The summed E-state index contributed by atoms with van der Waals surface area (Å²) in [5, 5.41) is 2.31. The van der Waals surface area contributed by atoms with Crippen molar-refractivity contribution in [3.63, 3.8) is 0 Å². The van der Waals surface area contributed by atoms with Crippen molar-refractivity contribution >= 4 is 34.9 Å². The molecule has 0 radical (unpaired) electrons. The molecule has 31 heavy (non-hydrogen) atoms. The summed E-state index contributed by atoms with van der Waals surface area (Å²) in [5.74, 6) is 0.259. The van der Waals surface area contributed by atoms with Crippen LogP contribution in [0.2, 0.25) is 0 Å². The van der Waals surface area contributed by atoms with E-state index in [-0.39, 0.29) is 18.3 Å². The lowest BCUT2D eigenvalue weighted by atomic mass is 10.1. The molecule has 1 aromatic carbocycles. The van der Waals surface area contributed by atoms with Gasteiger partial charge in [-0.15, -0.1) is 0 Å². The molecule has 0 saturated carbocycles. The highest BCUT2D eigenvalue weighted by Gasteiger charge is 2.34. The van der Waals surface area contributed by atoms with Crippen molar-refractivity contribution in [2.24, 2.45) is 0 Å². The van der Waals surface area contributed by atoms with Crippen molar-refractivity contribution in [1.82, 2.24) is 15.2 Å². The number of pyridine rings is 1. The van der Waals surface area contributed by atoms with Crippen LogP contribution in [0.25, 0.3) is 6.08 Å². The van der Waals surface area contributed by atoms with Crippen LogP contribution in [-0.4, -0.2) is 61.4 Å². The third-order valence-corrected chi connectivity index (χ3v) is 5.31. The molecule has 2 aromatic rings. The van der Waals surface area contributed by atoms with Crippen molar-refractivity contribution in [3.05, 3.63) is 52.7 Å². The first kappa shape index (κ1) is 22.2. The van der Waals surface area contributed by atoms with E-state index >= 15 is 0 Å². The van der Waals surface area contributed by atoms with Crippen LogP contribution in [0.4, 0.5) is 4.79 Å². The van der Waals surface area contributed by atoms with E-state index in [1.165, 1.54) is 33.5 Å². The van der Waals surface area contributed by atoms with Crippen LogP contribution in [0.15, 0.2) is 41.6 Å². The molecule has 3 rings (SSSR count). The summed E-state index contributed by atoms with van der Waals surface area (Å²) in [6.07, 6.45) is 4.84. The predicted molar refractivity (Wildman–Crippen MR) is 115 cm³/mol. The maximum Gasteiger partial charge on any atom is 0.293 e. The van der Waals surface area contributed by atoms with E-state index in [4.69, 9.17) is 14.2 Å². The second kappa shape index (κ2) is 9.98. The van der Waals surface area contributed by atoms with Crippen LogP contribution in [0, 0.1) is 0 Å². The SMILES string of the molecule is COc1cc(C(=O)NCCN2C(=O)S/C(=C\c3cccnc3)C2=O)cc(OC)c1OC. The lowest BCUT2D eigenvalue weighted by Crippen LogP contribution is -2.37. The van der Waals surface area contributed by atoms with E-state index < -0.39 is 11.8 Å². The summed E-state index contributed by atoms with van der Waals surface area (Å²) in [6.45, 7) is 0.138. The largest absolute Gasteiger partial charge is 0.493 e. The van der Waals surface area contributed by atoms with Crippen molar-refractivity contribution in [1.29, 1.82) is 0 Å². The number of carbonyl (C=O) groups is 3. The third-order valence-electron chi connectivity index (χ3n) is 4.40. The highest BCUT2D eigenvalue weighted by atomic mass is 32.2. The van der Waals surface area contributed by atoms with Crippen LogP contribution >= 0.6 is 11.8 Å². The highest BCUT2D eigenvalue weighted by Crippen LogP contribution is 2.38. The van der Waals surface area contributed by atoms with Crippen molar-refractivity contribution < 1.29 is 28.6 Å². The summed E-state index contributed by atoms with van der Waals surface area (Å²) < 4.78 is 15.7. The molecule has 0 unspecified atom stereocenters. The Kier molecular flexibility index (Phi) is 7.14. The van der Waals surface area contributed by atoms with Gasteiger partial charge < -0.3 is 19.5 Å². The number of rotatable bonds is 8. The number of aromatic nitrogens is 1. The quantitative estimate of drug-likeness (QED) is 0.621. The normalized spacial score (nSPS) is 14.7. The van der Waals surface area contributed by atoms with Gasteiger partial charge in [0.1, 0.15) is 0 Å². The molecule has 1 fully saturated rings. The Balaban J connectivity index is 1.64. The summed E-state index contributed by atoms with van der Waals surface area (Å²) >= 11 is 0.857. The average molecular weight is 443 g/mol. The first-order valence-corrected chi connectivity index (χ1v) is 10.0. The van der Waals surface area contributed by atoms with Gasteiger partial charge in [-0.1, -0.05) is 6.07 Å². The van der Waals surface area contributed by atoms with Gasteiger partial charge in [0, 0.05) is 31.0 Å². The molecule has 162 valence electrons. The number of methoxy groups -OCH3 is 3. The van der Waals surface area contributed by atoms with Crippen LogP contribution in [0.1, 0.15) is 15.9 Å². The number of nitrogens with one attached hydrogen (secondary N) is 1. The van der Waals surface area contributed by atoms with Gasteiger partial charge in [0.2, 0.25) is 5.75 Å². The van der Waals surface area contributed by atoms with Gasteiger partial charge in [-0.05, 0) is 41.6 Å². The molecule has 0 spiro atoms. The van der Waals surface area contributed by atoms with Gasteiger partial charge in [-0.25, -0.2) is 0 Å². The number of amides is 3. The molecule has 3 amide bonds. The highest BCUT2D eigenvalue weighted by molar-refractivity contribution is 8.18. The third kappa shape index (κ3) is 4.97. The number of ether oxygens (including phenoxy) is 3. The average Bonchev–Trinajstić information content (AvgIpc) is 3.05. The minimum Gasteiger partial charge on any atom is -0.493 e. The molecule has 0 bridgehead atoms. The van der Waals surface area contributed by atoms with E-state index in [9.17, 15) is 14.4 Å². The summed E-state index contributed by atoms with van der Waals surface area (Å²) in [7, 11) is 4.38. The number of nitrogens with zero attached hydrogens (tertiary/aromatic N) is 2. The summed E-state index contributed by atoms with van der Waals surface area (Å²) in [5.41, 5.74) is 1.02. The van der Waals surface area contributed by atoms with E-state index in [2.05, 4.69) is 10.3 Å². The van der Waals surface area contributed by atoms with Crippen molar-refractivity contribution in [2.75, 3.05) is 34.4 Å². The topological polar surface area (TPSA) is 107 Å². The van der Waals surface area contributed by atoms with Gasteiger partial charge in [0.25, 0.3) is 17.1 Å². The van der Waals surface area contributed by atoms with Crippen molar-refractivity contribution in [2.45, 2.75) is 0 Å². The first-order valence-electron chi connectivity index (χ1n) is 9.22. The number of thioether (sulfide) groups is 1. The van der Waals surface area contributed by atoms with E-state index in [1.54, 1.807) is 30.6 Å². The monoisotopic (exact) mass is 443 g/mol. The minimum atomic E-state index is -0.405. The molecule has 1 aromatic heterocycles. The molecular formula is C21H21N3O6S.